The molecule has 3 rings (SSSR count). The number of nitrogens with zero attached hydrogens (tertiary/aromatic N) is 2. The van der Waals surface area contributed by atoms with E-state index in [2.05, 4.69) is 9.97 Å². The van der Waals surface area contributed by atoms with Crippen LogP contribution in [0.4, 0.5) is 0 Å². The van der Waals surface area contributed by atoms with Crippen molar-refractivity contribution in [1.82, 2.24) is 9.97 Å². The number of sulfone groups is 1. The molecule has 2 heterocycles. The molecule has 0 aliphatic rings. The van der Waals surface area contributed by atoms with Crippen LogP contribution in [0, 0.1) is 0 Å². The van der Waals surface area contributed by atoms with E-state index in [1.54, 1.807) is 24.4 Å². The highest BCUT2D eigenvalue weighted by atomic mass is 32.2. The van der Waals surface area contributed by atoms with Crippen LogP contribution in [0.25, 0.3) is 10.6 Å². The van der Waals surface area contributed by atoms with Crippen molar-refractivity contribution in [3.8, 4) is 10.6 Å². The van der Waals surface area contributed by atoms with Crippen LogP contribution in [-0.4, -0.2) is 24.6 Å². The van der Waals surface area contributed by atoms with E-state index in [-0.39, 0.29) is 5.75 Å². The summed E-state index contributed by atoms with van der Waals surface area (Å²) in [6.07, 6.45) is 3.59. The molecule has 0 N–H and O–H groups in total. The van der Waals surface area contributed by atoms with Crippen LogP contribution in [0.2, 0.25) is 0 Å². The highest BCUT2D eigenvalue weighted by Gasteiger charge is 2.18. The molecule has 2 aromatic heterocycles. The lowest BCUT2D eigenvalue weighted by Crippen LogP contribution is -2.02. The van der Waals surface area contributed by atoms with Gasteiger partial charge in [0.2, 0.25) is 0 Å². The largest absolute Gasteiger partial charge is 0.231 e. The van der Waals surface area contributed by atoms with Crippen molar-refractivity contribution in [1.29, 1.82) is 0 Å². The van der Waals surface area contributed by atoms with Gasteiger partial charge in [0.15, 0.2) is 15.0 Å². The minimum atomic E-state index is -3.35. The van der Waals surface area contributed by atoms with Gasteiger partial charge in [-0.25, -0.2) is 18.4 Å². The number of rotatable bonds is 5. The molecule has 0 amide bonds. The molecule has 0 aliphatic carbocycles. The first kappa shape index (κ1) is 16.2. The number of aromatic nitrogens is 2. The van der Waals surface area contributed by atoms with Crippen LogP contribution < -0.4 is 0 Å². The fourth-order valence-electron chi connectivity index (χ4n) is 2.07. The molecule has 3 aromatic rings. The van der Waals surface area contributed by atoms with Gasteiger partial charge < -0.3 is 0 Å². The number of benzene rings is 1. The summed E-state index contributed by atoms with van der Waals surface area (Å²) in [5.41, 5.74) is 1.53. The van der Waals surface area contributed by atoms with Crippen molar-refractivity contribution < 1.29 is 8.42 Å². The zero-order valence-corrected chi connectivity index (χ0v) is 14.8. The van der Waals surface area contributed by atoms with Gasteiger partial charge in [-0.3, -0.25) is 0 Å². The maximum absolute atomic E-state index is 12.5. The summed E-state index contributed by atoms with van der Waals surface area (Å²) in [5, 5.41) is 0.671. The lowest BCUT2D eigenvalue weighted by Gasteiger charge is -2.02. The smallest absolute Gasteiger partial charge is 0.191 e. The average molecular weight is 363 g/mol. The molecular formula is C16H14N2O2S3. The fourth-order valence-corrected chi connectivity index (χ4v) is 5.13. The lowest BCUT2D eigenvalue weighted by atomic mass is 10.2. The summed E-state index contributed by atoms with van der Waals surface area (Å²) in [6.45, 7) is 0. The molecule has 23 heavy (non-hydrogen) atoms. The Bertz CT molecular complexity index is 906. The highest BCUT2D eigenvalue weighted by molar-refractivity contribution is 7.98. The Balaban J connectivity index is 1.89. The fraction of sp³-hybridized carbons (Fsp3) is 0.125. The van der Waals surface area contributed by atoms with E-state index in [1.807, 2.05) is 36.6 Å². The zero-order valence-electron chi connectivity index (χ0n) is 12.3. The highest BCUT2D eigenvalue weighted by Crippen LogP contribution is 2.31. The third-order valence-electron chi connectivity index (χ3n) is 3.16. The van der Waals surface area contributed by atoms with E-state index in [4.69, 9.17) is 0 Å². The molecule has 0 radical (unpaired) electrons. The zero-order chi connectivity index (χ0) is 16.3. The van der Waals surface area contributed by atoms with E-state index >= 15 is 0 Å². The topological polar surface area (TPSA) is 59.9 Å². The van der Waals surface area contributed by atoms with Crippen LogP contribution >= 0.6 is 23.1 Å². The maximum Gasteiger partial charge on any atom is 0.191 e. The first-order valence-electron chi connectivity index (χ1n) is 6.82. The molecule has 0 fully saturated rings. The molecule has 0 saturated heterocycles. The minimum Gasteiger partial charge on any atom is -0.231 e. The summed E-state index contributed by atoms with van der Waals surface area (Å²) >= 11 is 2.70. The Morgan fingerprint density at radius 1 is 1.09 bits per heavy atom. The van der Waals surface area contributed by atoms with E-state index in [1.165, 1.54) is 23.1 Å². The minimum absolute atomic E-state index is 0.00757. The van der Waals surface area contributed by atoms with Gasteiger partial charge in [0.25, 0.3) is 0 Å². The molecule has 0 atom stereocenters. The quantitative estimate of drug-likeness (QED) is 0.509. The second-order valence-electron chi connectivity index (χ2n) is 4.79. The van der Waals surface area contributed by atoms with Crippen molar-refractivity contribution in [2.75, 3.05) is 6.26 Å². The third-order valence-corrected chi connectivity index (χ3v) is 7.09. The number of hydrogen-bond acceptors (Lipinski definition) is 6. The second-order valence-corrected chi connectivity index (χ2v) is 8.87. The standard InChI is InChI=1S/C16H14N2O2S3/c1-21-16-17-10-9-13(18-16)14-7-8-15(22-14)23(19,20)11-12-5-3-2-4-6-12/h2-10H,11H2,1H3. The van der Waals surface area contributed by atoms with Crippen LogP contribution in [0.3, 0.4) is 0 Å². The van der Waals surface area contributed by atoms with Gasteiger partial charge in [0.05, 0.1) is 16.3 Å². The van der Waals surface area contributed by atoms with Gasteiger partial charge in [0.1, 0.15) is 4.21 Å². The summed E-state index contributed by atoms with van der Waals surface area (Å²) in [6, 6.07) is 14.4. The van der Waals surface area contributed by atoms with Gasteiger partial charge in [-0.1, -0.05) is 42.1 Å². The van der Waals surface area contributed by atoms with Crippen LogP contribution in [0.5, 0.6) is 0 Å². The average Bonchev–Trinajstić information content (AvgIpc) is 3.06. The van der Waals surface area contributed by atoms with E-state index < -0.39 is 9.84 Å². The van der Waals surface area contributed by atoms with Crippen molar-refractivity contribution in [3.05, 3.63) is 60.3 Å². The Labute approximate surface area is 143 Å². The molecule has 0 spiro atoms. The Morgan fingerprint density at radius 3 is 2.61 bits per heavy atom. The summed E-state index contributed by atoms with van der Waals surface area (Å²) in [7, 11) is -3.35. The van der Waals surface area contributed by atoms with Gasteiger partial charge >= 0.3 is 0 Å². The van der Waals surface area contributed by atoms with Crippen molar-refractivity contribution in [2.45, 2.75) is 15.1 Å². The van der Waals surface area contributed by atoms with Gasteiger partial charge in [-0.2, -0.15) is 0 Å². The van der Waals surface area contributed by atoms with Gasteiger partial charge in [-0.15, -0.1) is 11.3 Å². The molecular weight excluding hydrogens is 348 g/mol. The summed E-state index contributed by atoms with van der Waals surface area (Å²) < 4.78 is 25.4. The van der Waals surface area contributed by atoms with E-state index in [0.29, 0.717) is 9.37 Å². The van der Waals surface area contributed by atoms with Crippen LogP contribution in [0.15, 0.2) is 64.1 Å². The molecule has 0 unspecified atom stereocenters. The molecule has 7 heteroatoms. The summed E-state index contributed by atoms with van der Waals surface area (Å²) in [5.74, 6) is 0.00757. The molecule has 0 saturated carbocycles. The monoisotopic (exact) mass is 362 g/mol. The normalized spacial score (nSPS) is 11.5. The first-order valence-corrected chi connectivity index (χ1v) is 10.5. The van der Waals surface area contributed by atoms with E-state index in [9.17, 15) is 8.42 Å². The number of thioether (sulfide) groups is 1. The van der Waals surface area contributed by atoms with Crippen LogP contribution in [-0.2, 0) is 15.6 Å². The Morgan fingerprint density at radius 2 is 1.87 bits per heavy atom. The predicted molar refractivity (Wildman–Crippen MR) is 94.5 cm³/mol. The van der Waals surface area contributed by atoms with Crippen molar-refractivity contribution in [2.24, 2.45) is 0 Å². The second kappa shape index (κ2) is 6.82. The number of hydrogen-bond donors (Lipinski definition) is 0. The SMILES string of the molecule is CSc1nccc(-c2ccc(S(=O)(=O)Cc3ccccc3)s2)n1. The van der Waals surface area contributed by atoms with Crippen LogP contribution in [0.1, 0.15) is 5.56 Å². The molecule has 1 aromatic carbocycles. The lowest BCUT2D eigenvalue weighted by molar-refractivity contribution is 0.597. The Kier molecular flexibility index (Phi) is 4.79. The molecule has 4 nitrogen and oxygen atoms in total. The summed E-state index contributed by atoms with van der Waals surface area (Å²) in [4.78, 5) is 9.37. The van der Waals surface area contributed by atoms with Gasteiger partial charge in [0, 0.05) is 6.20 Å². The molecule has 118 valence electrons. The molecule has 0 bridgehead atoms. The third kappa shape index (κ3) is 3.80. The number of thiophene rings is 1. The van der Waals surface area contributed by atoms with Crippen molar-refractivity contribution in [3.63, 3.8) is 0 Å². The van der Waals surface area contributed by atoms with E-state index in [0.717, 1.165) is 16.1 Å². The van der Waals surface area contributed by atoms with Crippen molar-refractivity contribution >= 4 is 32.9 Å². The maximum atomic E-state index is 12.5. The molecule has 0 aliphatic heterocycles. The Hall–Kier alpha value is -1.70. The predicted octanol–water partition coefficient (Wildman–Crippen LogP) is 3.90. The van der Waals surface area contributed by atoms with Gasteiger partial charge in [-0.05, 0) is 30.0 Å². The first-order chi connectivity index (χ1) is 11.1.